The van der Waals surface area contributed by atoms with E-state index in [-0.39, 0.29) is 11.3 Å². The second-order valence-electron chi connectivity index (χ2n) is 5.03. The first-order valence-corrected chi connectivity index (χ1v) is 6.33. The first-order valence-electron chi connectivity index (χ1n) is 5.56. The van der Waals surface area contributed by atoms with E-state index in [0.717, 1.165) is 11.3 Å². The van der Waals surface area contributed by atoms with Crippen LogP contribution in [0.1, 0.15) is 49.2 Å². The molecule has 1 aromatic heterocycles. The monoisotopic (exact) mass is 223 g/mol. The molecule has 1 aliphatic carbocycles. The third-order valence-corrected chi connectivity index (χ3v) is 4.27. The maximum absolute atomic E-state index is 12.2. The van der Waals surface area contributed by atoms with Crippen molar-refractivity contribution in [2.75, 3.05) is 0 Å². The summed E-state index contributed by atoms with van der Waals surface area (Å²) >= 11 is 1.33. The van der Waals surface area contributed by atoms with Gasteiger partial charge in [-0.1, -0.05) is 26.7 Å². The van der Waals surface area contributed by atoms with Gasteiger partial charge in [0.15, 0.2) is 5.78 Å². The van der Waals surface area contributed by atoms with Gasteiger partial charge in [-0.25, -0.2) is 4.37 Å². The zero-order chi connectivity index (χ0) is 10.9. The lowest BCUT2D eigenvalue weighted by Crippen LogP contribution is -2.33. The third-order valence-electron chi connectivity index (χ3n) is 3.50. The Kier molecular flexibility index (Phi) is 2.91. The minimum Gasteiger partial charge on any atom is -0.293 e. The molecule has 0 N–H and O–H groups in total. The van der Waals surface area contributed by atoms with Crippen molar-refractivity contribution < 1.29 is 4.79 Å². The first-order chi connectivity index (χ1) is 7.11. The van der Waals surface area contributed by atoms with Gasteiger partial charge in [-0.3, -0.25) is 4.79 Å². The number of aromatic nitrogens is 1. The van der Waals surface area contributed by atoms with Gasteiger partial charge in [-0.2, -0.15) is 0 Å². The Morgan fingerprint density at radius 3 is 2.93 bits per heavy atom. The highest BCUT2D eigenvalue weighted by molar-refractivity contribution is 7.08. The highest BCUT2D eigenvalue weighted by Crippen LogP contribution is 2.42. The molecule has 0 aliphatic heterocycles. The van der Waals surface area contributed by atoms with E-state index in [9.17, 15) is 4.79 Å². The van der Waals surface area contributed by atoms with Gasteiger partial charge in [0.2, 0.25) is 0 Å². The fourth-order valence-electron chi connectivity index (χ4n) is 2.49. The Bertz CT molecular complexity index is 343. The Hall–Kier alpha value is -0.700. The minimum absolute atomic E-state index is 0.166. The summed E-state index contributed by atoms with van der Waals surface area (Å²) in [5.74, 6) is 0.508. The standard InChI is InChI=1S/C12H17NOS/c1-12(2)7-4-3-5-9(12)11(14)10-6-8-13-15-10/h6,8-9H,3-5,7H2,1-2H3. The molecule has 15 heavy (non-hydrogen) atoms. The topological polar surface area (TPSA) is 30.0 Å². The molecule has 1 aromatic rings. The van der Waals surface area contributed by atoms with Gasteiger partial charge in [-0.05, 0) is 35.9 Å². The predicted molar refractivity (Wildman–Crippen MR) is 62.2 cm³/mol. The van der Waals surface area contributed by atoms with Gasteiger partial charge in [0.05, 0.1) is 4.88 Å². The Balaban J connectivity index is 2.19. The average molecular weight is 223 g/mol. The fourth-order valence-corrected chi connectivity index (χ4v) is 3.08. The van der Waals surface area contributed by atoms with E-state index in [1.807, 2.05) is 6.07 Å². The van der Waals surface area contributed by atoms with E-state index in [1.165, 1.54) is 30.8 Å². The first kappa shape index (κ1) is 10.8. The van der Waals surface area contributed by atoms with E-state index in [4.69, 9.17) is 0 Å². The van der Waals surface area contributed by atoms with Crippen LogP contribution in [0.3, 0.4) is 0 Å². The molecule has 2 nitrogen and oxygen atoms in total. The second-order valence-corrected chi connectivity index (χ2v) is 5.86. The molecule has 1 aliphatic rings. The molecule has 1 heterocycles. The summed E-state index contributed by atoms with van der Waals surface area (Å²) in [5, 5.41) is 0. The van der Waals surface area contributed by atoms with Gasteiger partial charge >= 0.3 is 0 Å². The van der Waals surface area contributed by atoms with Crippen molar-refractivity contribution in [2.45, 2.75) is 39.5 Å². The van der Waals surface area contributed by atoms with Crippen molar-refractivity contribution in [2.24, 2.45) is 11.3 Å². The fraction of sp³-hybridized carbons (Fsp3) is 0.667. The smallest absolute Gasteiger partial charge is 0.177 e. The third kappa shape index (κ3) is 2.12. The van der Waals surface area contributed by atoms with E-state index >= 15 is 0 Å². The van der Waals surface area contributed by atoms with Crippen LogP contribution < -0.4 is 0 Å². The lowest BCUT2D eigenvalue weighted by molar-refractivity contribution is 0.0702. The molecule has 0 amide bonds. The minimum atomic E-state index is 0.166. The molecule has 0 saturated heterocycles. The molecule has 0 spiro atoms. The lowest BCUT2D eigenvalue weighted by atomic mass is 9.67. The van der Waals surface area contributed by atoms with Crippen molar-refractivity contribution in [3.05, 3.63) is 17.1 Å². The van der Waals surface area contributed by atoms with Crippen LogP contribution in [-0.2, 0) is 0 Å². The molecule has 0 aromatic carbocycles. The van der Waals surface area contributed by atoms with Gasteiger partial charge in [0.1, 0.15) is 0 Å². The van der Waals surface area contributed by atoms with Crippen LogP contribution in [0, 0.1) is 11.3 Å². The number of nitrogens with zero attached hydrogens (tertiary/aromatic N) is 1. The number of ketones is 1. The van der Waals surface area contributed by atoms with Gasteiger partial charge in [-0.15, -0.1) is 0 Å². The number of hydrogen-bond donors (Lipinski definition) is 0. The second kappa shape index (κ2) is 4.05. The zero-order valence-corrected chi connectivity index (χ0v) is 10.1. The van der Waals surface area contributed by atoms with E-state index < -0.39 is 0 Å². The predicted octanol–water partition coefficient (Wildman–Crippen LogP) is 3.54. The van der Waals surface area contributed by atoms with E-state index in [0.29, 0.717) is 5.78 Å². The largest absolute Gasteiger partial charge is 0.293 e. The van der Waals surface area contributed by atoms with Gasteiger partial charge in [0.25, 0.3) is 0 Å². The number of carbonyl (C=O) groups excluding carboxylic acids is 1. The van der Waals surface area contributed by atoms with Crippen LogP contribution in [0.25, 0.3) is 0 Å². The van der Waals surface area contributed by atoms with Crippen LogP contribution >= 0.6 is 11.5 Å². The molecule has 0 bridgehead atoms. The van der Waals surface area contributed by atoms with Gasteiger partial charge in [0, 0.05) is 12.1 Å². The lowest BCUT2D eigenvalue weighted by Gasteiger charge is -2.37. The SMILES string of the molecule is CC1(C)CCCCC1C(=O)c1ccns1. The highest BCUT2D eigenvalue weighted by atomic mass is 32.1. The van der Waals surface area contributed by atoms with Crippen molar-refractivity contribution in [1.82, 2.24) is 4.37 Å². The molecule has 3 heteroatoms. The van der Waals surface area contributed by atoms with Crippen LogP contribution in [0.15, 0.2) is 12.3 Å². The maximum atomic E-state index is 12.2. The van der Waals surface area contributed by atoms with E-state index in [1.54, 1.807) is 6.20 Å². The summed E-state index contributed by atoms with van der Waals surface area (Å²) in [6.45, 7) is 4.44. The summed E-state index contributed by atoms with van der Waals surface area (Å²) in [5.41, 5.74) is 0.166. The molecule has 0 radical (unpaired) electrons. The van der Waals surface area contributed by atoms with Crippen molar-refractivity contribution >= 4 is 17.3 Å². The zero-order valence-electron chi connectivity index (χ0n) is 9.32. The molecule has 1 saturated carbocycles. The van der Waals surface area contributed by atoms with Crippen molar-refractivity contribution in [3.63, 3.8) is 0 Å². The summed E-state index contributed by atoms with van der Waals surface area (Å²) in [7, 11) is 0. The molecular weight excluding hydrogens is 206 g/mol. The van der Waals surface area contributed by atoms with Crippen molar-refractivity contribution in [1.29, 1.82) is 0 Å². The number of Topliss-reactive ketones (excluding diaryl/α,β-unsaturated/α-hetero) is 1. The summed E-state index contributed by atoms with van der Waals surface area (Å²) < 4.78 is 4.01. The molecule has 82 valence electrons. The van der Waals surface area contributed by atoms with Crippen LogP contribution in [0.4, 0.5) is 0 Å². The van der Waals surface area contributed by atoms with E-state index in [2.05, 4.69) is 18.2 Å². The van der Waals surface area contributed by atoms with Crippen LogP contribution in [-0.4, -0.2) is 10.2 Å². The number of carbonyl (C=O) groups is 1. The summed E-state index contributed by atoms with van der Waals surface area (Å²) in [4.78, 5) is 13.1. The number of hydrogen-bond acceptors (Lipinski definition) is 3. The normalized spacial score (nSPS) is 25.1. The van der Waals surface area contributed by atoms with Crippen molar-refractivity contribution in [3.8, 4) is 0 Å². The Morgan fingerprint density at radius 2 is 2.33 bits per heavy atom. The Morgan fingerprint density at radius 1 is 1.53 bits per heavy atom. The maximum Gasteiger partial charge on any atom is 0.177 e. The van der Waals surface area contributed by atoms with Crippen LogP contribution in [0.2, 0.25) is 0 Å². The number of rotatable bonds is 2. The quantitative estimate of drug-likeness (QED) is 0.718. The summed E-state index contributed by atoms with van der Waals surface area (Å²) in [6.07, 6.45) is 6.39. The van der Waals surface area contributed by atoms with Crippen LogP contribution in [0.5, 0.6) is 0 Å². The molecule has 2 rings (SSSR count). The summed E-state index contributed by atoms with van der Waals surface area (Å²) in [6, 6.07) is 1.84. The average Bonchev–Trinajstić information content (AvgIpc) is 2.69. The highest BCUT2D eigenvalue weighted by Gasteiger charge is 2.37. The Labute approximate surface area is 94.9 Å². The molecule has 1 unspecified atom stereocenters. The van der Waals surface area contributed by atoms with Gasteiger partial charge < -0.3 is 0 Å². The molecular formula is C12H17NOS. The molecule has 1 fully saturated rings. The molecule has 1 atom stereocenters.